The van der Waals surface area contributed by atoms with Crippen molar-refractivity contribution in [2.45, 2.75) is 31.3 Å². The van der Waals surface area contributed by atoms with Gasteiger partial charge in [0.25, 0.3) is 5.69 Å². The summed E-state index contributed by atoms with van der Waals surface area (Å²) in [5.74, 6) is -0.111. The molecule has 3 unspecified atom stereocenters. The summed E-state index contributed by atoms with van der Waals surface area (Å²) >= 11 is 5.97. The van der Waals surface area contributed by atoms with E-state index in [9.17, 15) is 14.9 Å². The van der Waals surface area contributed by atoms with E-state index in [0.29, 0.717) is 11.7 Å². The van der Waals surface area contributed by atoms with Crippen molar-refractivity contribution in [1.82, 2.24) is 5.32 Å². The van der Waals surface area contributed by atoms with Crippen LogP contribution < -0.4 is 10.6 Å². The number of amides is 1. The van der Waals surface area contributed by atoms with Crippen LogP contribution >= 0.6 is 11.6 Å². The fourth-order valence-electron chi connectivity index (χ4n) is 3.06. The monoisotopic (exact) mass is 295 g/mol. The minimum Gasteiger partial charge on any atom is -0.324 e. The lowest BCUT2D eigenvalue weighted by Crippen LogP contribution is -2.32. The normalized spacial score (nSPS) is 27.6. The Balaban J connectivity index is 1.71. The maximum atomic E-state index is 12.2. The van der Waals surface area contributed by atoms with Gasteiger partial charge in [0.2, 0.25) is 5.91 Å². The molecule has 1 amide bonds. The summed E-state index contributed by atoms with van der Waals surface area (Å²) in [4.78, 5) is 22.3. The highest BCUT2D eigenvalue weighted by Crippen LogP contribution is 2.35. The molecule has 3 atom stereocenters. The van der Waals surface area contributed by atoms with E-state index in [2.05, 4.69) is 10.6 Å². The first-order chi connectivity index (χ1) is 9.54. The van der Waals surface area contributed by atoms with Crippen LogP contribution in [0.2, 0.25) is 5.02 Å². The zero-order valence-electron chi connectivity index (χ0n) is 10.6. The average molecular weight is 296 g/mol. The number of halogens is 1. The van der Waals surface area contributed by atoms with Gasteiger partial charge in [0.1, 0.15) is 0 Å². The molecule has 0 spiro atoms. The van der Waals surface area contributed by atoms with E-state index in [1.54, 1.807) is 0 Å². The Bertz CT molecular complexity index is 578. The third-order valence-corrected chi connectivity index (χ3v) is 4.37. The number of fused-ring (bicyclic) bond motifs is 2. The molecule has 0 saturated carbocycles. The summed E-state index contributed by atoms with van der Waals surface area (Å²) < 4.78 is 0. The lowest BCUT2D eigenvalue weighted by Gasteiger charge is -2.19. The molecular formula is C13H14ClN3O3. The molecule has 106 valence electrons. The van der Waals surface area contributed by atoms with E-state index in [1.165, 1.54) is 18.2 Å². The van der Waals surface area contributed by atoms with Crippen LogP contribution in [-0.4, -0.2) is 22.9 Å². The molecule has 2 aliphatic heterocycles. The first-order valence-electron chi connectivity index (χ1n) is 6.55. The van der Waals surface area contributed by atoms with Gasteiger partial charge in [-0.2, -0.15) is 0 Å². The smallest absolute Gasteiger partial charge is 0.271 e. The Kier molecular flexibility index (Phi) is 3.35. The van der Waals surface area contributed by atoms with Crippen molar-refractivity contribution in [3.63, 3.8) is 0 Å². The van der Waals surface area contributed by atoms with E-state index in [1.807, 2.05) is 0 Å². The molecule has 1 aromatic rings. The molecule has 2 aliphatic rings. The lowest BCUT2D eigenvalue weighted by molar-refractivity contribution is -0.384. The predicted octanol–water partition coefficient (Wildman–Crippen LogP) is 2.33. The van der Waals surface area contributed by atoms with Crippen LogP contribution in [0, 0.1) is 16.0 Å². The maximum absolute atomic E-state index is 12.2. The number of nitrogens with zero attached hydrogens (tertiary/aromatic N) is 1. The summed E-state index contributed by atoms with van der Waals surface area (Å²) in [5, 5.41) is 17.0. The van der Waals surface area contributed by atoms with Crippen LogP contribution in [0.15, 0.2) is 18.2 Å². The first-order valence-corrected chi connectivity index (χ1v) is 6.93. The number of nitrogens with one attached hydrogen (secondary N) is 2. The van der Waals surface area contributed by atoms with Crippen molar-refractivity contribution in [2.24, 2.45) is 5.92 Å². The molecule has 0 aliphatic carbocycles. The minimum atomic E-state index is -0.517. The maximum Gasteiger partial charge on any atom is 0.271 e. The van der Waals surface area contributed by atoms with Crippen molar-refractivity contribution >= 4 is 28.9 Å². The Labute approximate surface area is 120 Å². The third-order valence-electron chi connectivity index (χ3n) is 4.06. The number of non-ortho nitro benzene ring substituents is 1. The van der Waals surface area contributed by atoms with Crippen LogP contribution in [0.3, 0.4) is 0 Å². The SMILES string of the molecule is O=C(Nc1ccc([N+](=O)[O-])cc1Cl)C1CC2CCC1N2. The quantitative estimate of drug-likeness (QED) is 0.662. The van der Waals surface area contributed by atoms with E-state index in [0.717, 1.165) is 19.3 Å². The number of carbonyl (C=O) groups is 1. The molecule has 2 bridgehead atoms. The van der Waals surface area contributed by atoms with Gasteiger partial charge < -0.3 is 10.6 Å². The molecule has 0 radical (unpaired) electrons. The molecule has 2 fully saturated rings. The first kappa shape index (κ1) is 13.3. The number of nitro benzene ring substituents is 1. The lowest BCUT2D eigenvalue weighted by atomic mass is 9.88. The standard InChI is InChI=1S/C13H14ClN3O3/c14-10-6-8(17(19)20)2-4-12(10)16-13(18)9-5-7-1-3-11(9)15-7/h2,4,6-7,9,11,15H,1,3,5H2,(H,16,18). The molecule has 2 saturated heterocycles. The van der Waals surface area contributed by atoms with Crippen LogP contribution in [0.4, 0.5) is 11.4 Å². The van der Waals surface area contributed by atoms with Gasteiger partial charge in [0.15, 0.2) is 0 Å². The van der Waals surface area contributed by atoms with Crippen molar-refractivity contribution in [3.8, 4) is 0 Å². The molecule has 1 aromatic carbocycles. The Morgan fingerprint density at radius 3 is 2.80 bits per heavy atom. The number of anilines is 1. The molecule has 20 heavy (non-hydrogen) atoms. The topological polar surface area (TPSA) is 84.3 Å². The van der Waals surface area contributed by atoms with Gasteiger partial charge in [0, 0.05) is 24.2 Å². The second-order valence-corrected chi connectivity index (χ2v) is 5.71. The van der Waals surface area contributed by atoms with Gasteiger partial charge in [-0.05, 0) is 25.3 Å². The van der Waals surface area contributed by atoms with E-state index in [-0.39, 0.29) is 28.6 Å². The molecule has 6 nitrogen and oxygen atoms in total. The molecule has 2 heterocycles. The predicted molar refractivity (Wildman–Crippen MR) is 74.8 cm³/mol. The Hall–Kier alpha value is -1.66. The number of benzene rings is 1. The van der Waals surface area contributed by atoms with Crippen molar-refractivity contribution in [3.05, 3.63) is 33.3 Å². The molecule has 0 aromatic heterocycles. The second-order valence-electron chi connectivity index (χ2n) is 5.30. The fraction of sp³-hybridized carbons (Fsp3) is 0.462. The largest absolute Gasteiger partial charge is 0.324 e. The van der Waals surface area contributed by atoms with Crippen LogP contribution in [0.1, 0.15) is 19.3 Å². The molecule has 2 N–H and O–H groups in total. The van der Waals surface area contributed by atoms with Gasteiger partial charge in [-0.25, -0.2) is 0 Å². The number of hydrogen-bond donors (Lipinski definition) is 2. The van der Waals surface area contributed by atoms with Crippen LogP contribution in [0.5, 0.6) is 0 Å². The van der Waals surface area contributed by atoms with Crippen LogP contribution in [-0.2, 0) is 4.79 Å². The Morgan fingerprint density at radius 1 is 1.45 bits per heavy atom. The summed E-state index contributed by atoms with van der Waals surface area (Å²) in [6.45, 7) is 0. The van der Waals surface area contributed by atoms with Crippen molar-refractivity contribution < 1.29 is 9.72 Å². The number of carbonyl (C=O) groups excluding carboxylic acids is 1. The highest BCUT2D eigenvalue weighted by Gasteiger charge is 2.42. The summed E-state index contributed by atoms with van der Waals surface area (Å²) in [6.07, 6.45) is 3.00. The zero-order valence-corrected chi connectivity index (χ0v) is 11.4. The van der Waals surface area contributed by atoms with Gasteiger partial charge >= 0.3 is 0 Å². The average Bonchev–Trinajstić information content (AvgIpc) is 3.03. The summed E-state index contributed by atoms with van der Waals surface area (Å²) in [6, 6.07) is 4.75. The van der Waals surface area contributed by atoms with Gasteiger partial charge in [-0.3, -0.25) is 14.9 Å². The van der Waals surface area contributed by atoms with E-state index in [4.69, 9.17) is 11.6 Å². The number of hydrogen-bond acceptors (Lipinski definition) is 4. The van der Waals surface area contributed by atoms with E-state index >= 15 is 0 Å². The highest BCUT2D eigenvalue weighted by molar-refractivity contribution is 6.34. The third kappa shape index (κ3) is 2.36. The molecule has 3 rings (SSSR count). The second kappa shape index (κ2) is 5.03. The van der Waals surface area contributed by atoms with Gasteiger partial charge in [-0.15, -0.1) is 0 Å². The zero-order chi connectivity index (χ0) is 14.3. The van der Waals surface area contributed by atoms with Gasteiger partial charge in [-0.1, -0.05) is 11.6 Å². The van der Waals surface area contributed by atoms with E-state index < -0.39 is 4.92 Å². The fourth-order valence-corrected chi connectivity index (χ4v) is 3.28. The Morgan fingerprint density at radius 2 is 2.25 bits per heavy atom. The number of rotatable bonds is 3. The number of nitro groups is 1. The molecule has 7 heteroatoms. The summed E-state index contributed by atoms with van der Waals surface area (Å²) in [7, 11) is 0. The minimum absolute atomic E-state index is 0.0417. The van der Waals surface area contributed by atoms with Crippen molar-refractivity contribution in [2.75, 3.05) is 5.32 Å². The van der Waals surface area contributed by atoms with Gasteiger partial charge in [0.05, 0.1) is 21.6 Å². The van der Waals surface area contributed by atoms with Crippen molar-refractivity contribution in [1.29, 1.82) is 0 Å². The highest BCUT2D eigenvalue weighted by atomic mass is 35.5. The molecular weight excluding hydrogens is 282 g/mol. The summed E-state index contributed by atoms with van der Waals surface area (Å²) in [5.41, 5.74) is 0.333. The van der Waals surface area contributed by atoms with Crippen LogP contribution in [0.25, 0.3) is 0 Å².